The molecule has 0 radical (unpaired) electrons. The summed E-state index contributed by atoms with van der Waals surface area (Å²) in [5, 5.41) is 1.74. The summed E-state index contributed by atoms with van der Waals surface area (Å²) in [5.74, 6) is -0.682. The van der Waals surface area contributed by atoms with Gasteiger partial charge in [0, 0.05) is 5.56 Å². The van der Waals surface area contributed by atoms with Crippen molar-refractivity contribution in [1.82, 2.24) is 10.4 Å². The number of benzene rings is 2. The highest BCUT2D eigenvalue weighted by atomic mass is 35.5. The predicted octanol–water partition coefficient (Wildman–Crippen LogP) is 4.54. The first-order valence-corrected chi connectivity index (χ1v) is 8.46. The lowest BCUT2D eigenvalue weighted by atomic mass is 10.1. The van der Waals surface area contributed by atoms with E-state index < -0.39 is 11.4 Å². The average molecular weight is 359 g/mol. The van der Waals surface area contributed by atoms with Crippen molar-refractivity contribution in [3.8, 4) is 0 Å². The molecule has 2 rings (SSSR count). The van der Waals surface area contributed by atoms with Gasteiger partial charge in [0.05, 0.1) is 16.1 Å². The summed E-state index contributed by atoms with van der Waals surface area (Å²) < 4.78 is 0. The van der Waals surface area contributed by atoms with Gasteiger partial charge in [0.25, 0.3) is 11.8 Å². The summed E-state index contributed by atoms with van der Waals surface area (Å²) in [7, 11) is 0. The van der Waals surface area contributed by atoms with Gasteiger partial charge < -0.3 is 0 Å². The van der Waals surface area contributed by atoms with E-state index in [1.165, 1.54) is 5.01 Å². The second-order valence-corrected chi connectivity index (χ2v) is 7.44. The number of carbonyl (C=O) groups excluding carboxylic acids is 2. The molecule has 0 heterocycles. The van der Waals surface area contributed by atoms with Gasteiger partial charge in [0.2, 0.25) is 0 Å². The van der Waals surface area contributed by atoms with Gasteiger partial charge in [-0.2, -0.15) is 0 Å². The van der Waals surface area contributed by atoms with Gasteiger partial charge in [0.15, 0.2) is 0 Å². The zero-order chi connectivity index (χ0) is 18.8. The Kier molecular flexibility index (Phi) is 5.53. The van der Waals surface area contributed by atoms with Gasteiger partial charge in [-0.15, -0.1) is 0 Å². The molecular formula is C20H23ClN2O2. The summed E-state index contributed by atoms with van der Waals surface area (Å²) in [6.45, 7) is 9.33. The van der Waals surface area contributed by atoms with E-state index in [2.05, 4.69) is 5.43 Å². The van der Waals surface area contributed by atoms with E-state index in [-0.39, 0.29) is 5.91 Å². The van der Waals surface area contributed by atoms with Crippen LogP contribution >= 0.6 is 11.6 Å². The van der Waals surface area contributed by atoms with E-state index >= 15 is 0 Å². The molecule has 0 saturated heterocycles. The lowest BCUT2D eigenvalue weighted by molar-refractivity contribution is 0.0358. The highest BCUT2D eigenvalue weighted by Gasteiger charge is 2.30. The van der Waals surface area contributed by atoms with Crippen molar-refractivity contribution in [1.29, 1.82) is 0 Å². The first-order chi connectivity index (χ1) is 11.6. The Morgan fingerprint density at radius 3 is 2.28 bits per heavy atom. The van der Waals surface area contributed by atoms with Gasteiger partial charge >= 0.3 is 0 Å². The van der Waals surface area contributed by atoms with E-state index in [1.54, 1.807) is 24.3 Å². The van der Waals surface area contributed by atoms with Crippen molar-refractivity contribution < 1.29 is 9.59 Å². The second-order valence-electron chi connectivity index (χ2n) is 7.06. The summed E-state index contributed by atoms with van der Waals surface area (Å²) in [6, 6.07) is 12.5. The van der Waals surface area contributed by atoms with E-state index in [1.807, 2.05) is 52.8 Å². The number of aryl methyl sites for hydroxylation is 2. The maximum Gasteiger partial charge on any atom is 0.272 e. The van der Waals surface area contributed by atoms with Crippen LogP contribution in [0.2, 0.25) is 5.02 Å². The highest BCUT2D eigenvalue weighted by Crippen LogP contribution is 2.22. The molecule has 0 atom stereocenters. The minimum atomic E-state index is -0.604. The molecule has 0 aliphatic heterocycles. The summed E-state index contributed by atoms with van der Waals surface area (Å²) >= 11 is 6.24. The molecule has 0 aliphatic rings. The molecule has 5 heteroatoms. The van der Waals surface area contributed by atoms with Gasteiger partial charge in [-0.1, -0.05) is 41.4 Å². The largest absolute Gasteiger partial charge is 0.272 e. The highest BCUT2D eigenvalue weighted by molar-refractivity contribution is 6.34. The van der Waals surface area contributed by atoms with Gasteiger partial charge in [-0.05, 0) is 58.4 Å². The smallest absolute Gasteiger partial charge is 0.267 e. The van der Waals surface area contributed by atoms with Gasteiger partial charge in [-0.25, -0.2) is 5.01 Å². The minimum Gasteiger partial charge on any atom is -0.267 e. The molecule has 25 heavy (non-hydrogen) atoms. The lowest BCUT2D eigenvalue weighted by Crippen LogP contribution is -2.55. The third-order valence-electron chi connectivity index (χ3n) is 3.79. The predicted molar refractivity (Wildman–Crippen MR) is 101 cm³/mol. The van der Waals surface area contributed by atoms with Crippen LogP contribution in [0.4, 0.5) is 0 Å². The molecule has 2 aromatic rings. The van der Waals surface area contributed by atoms with E-state index in [0.29, 0.717) is 16.1 Å². The summed E-state index contributed by atoms with van der Waals surface area (Å²) in [6.07, 6.45) is 0. The van der Waals surface area contributed by atoms with Crippen LogP contribution in [0.25, 0.3) is 0 Å². The molecule has 0 aromatic heterocycles. The molecule has 1 N–H and O–H groups in total. The van der Waals surface area contributed by atoms with Crippen LogP contribution in [0, 0.1) is 13.8 Å². The number of amides is 2. The topological polar surface area (TPSA) is 49.4 Å². The third-order valence-corrected chi connectivity index (χ3v) is 4.29. The average Bonchev–Trinajstić information content (AvgIpc) is 2.53. The second kappa shape index (κ2) is 7.28. The molecule has 2 aromatic carbocycles. The maximum absolute atomic E-state index is 12.9. The number of carbonyl (C=O) groups is 2. The molecule has 0 fully saturated rings. The van der Waals surface area contributed by atoms with Crippen LogP contribution in [0.5, 0.6) is 0 Å². The van der Waals surface area contributed by atoms with Gasteiger partial charge in [0.1, 0.15) is 0 Å². The zero-order valence-electron chi connectivity index (χ0n) is 15.2. The SMILES string of the molecule is Cc1cccc(C(=O)N(NC(=O)c2cccc(C)c2Cl)C(C)(C)C)c1. The van der Waals surface area contributed by atoms with E-state index in [4.69, 9.17) is 11.6 Å². The molecule has 0 spiro atoms. The van der Waals surface area contributed by atoms with Crippen LogP contribution in [-0.4, -0.2) is 22.4 Å². The van der Waals surface area contributed by atoms with Crippen molar-refractivity contribution >= 4 is 23.4 Å². The normalized spacial score (nSPS) is 11.1. The fourth-order valence-corrected chi connectivity index (χ4v) is 2.63. The quantitative estimate of drug-likeness (QED) is 0.801. The van der Waals surface area contributed by atoms with Crippen LogP contribution in [0.1, 0.15) is 52.6 Å². The number of hydrogen-bond donors (Lipinski definition) is 1. The van der Waals surface area contributed by atoms with Crippen molar-refractivity contribution in [2.45, 2.75) is 40.2 Å². The van der Waals surface area contributed by atoms with E-state index in [9.17, 15) is 9.59 Å². The molecule has 4 nitrogen and oxygen atoms in total. The molecule has 0 saturated carbocycles. The molecule has 0 bridgehead atoms. The molecule has 0 aliphatic carbocycles. The zero-order valence-corrected chi connectivity index (χ0v) is 15.9. The molecule has 0 unspecified atom stereocenters. The molecule has 2 amide bonds. The Labute approximate surface area is 153 Å². The molecule has 132 valence electrons. The fourth-order valence-electron chi connectivity index (χ4n) is 2.41. The molecular weight excluding hydrogens is 336 g/mol. The first-order valence-electron chi connectivity index (χ1n) is 8.08. The lowest BCUT2D eigenvalue weighted by Gasteiger charge is -2.35. The van der Waals surface area contributed by atoms with Crippen molar-refractivity contribution in [2.24, 2.45) is 0 Å². The number of hydrazine groups is 1. The first kappa shape index (κ1) is 19.0. The maximum atomic E-state index is 12.9. The number of halogens is 1. The third kappa shape index (κ3) is 4.40. The summed E-state index contributed by atoms with van der Waals surface area (Å²) in [4.78, 5) is 25.6. The van der Waals surface area contributed by atoms with Crippen LogP contribution in [-0.2, 0) is 0 Å². The minimum absolute atomic E-state index is 0.270. The Hall–Kier alpha value is -2.33. The standard InChI is InChI=1S/C20H23ClN2O2/c1-13-8-6-10-15(12-13)19(25)23(20(3,4)5)22-18(24)16-11-7-9-14(2)17(16)21/h6-12H,1-5H3,(H,22,24). The van der Waals surface area contributed by atoms with Crippen molar-refractivity contribution in [3.05, 3.63) is 69.7 Å². The Balaban J connectivity index is 2.34. The number of nitrogens with zero attached hydrogens (tertiary/aromatic N) is 1. The Morgan fingerprint density at radius 2 is 1.68 bits per heavy atom. The Morgan fingerprint density at radius 1 is 1.04 bits per heavy atom. The Bertz CT molecular complexity index is 810. The van der Waals surface area contributed by atoms with Crippen LogP contribution in [0.3, 0.4) is 0 Å². The number of hydrogen-bond acceptors (Lipinski definition) is 2. The van der Waals surface area contributed by atoms with Crippen molar-refractivity contribution in [3.63, 3.8) is 0 Å². The fraction of sp³-hybridized carbons (Fsp3) is 0.300. The summed E-state index contributed by atoms with van der Waals surface area (Å²) in [5.41, 5.74) is 4.76. The van der Waals surface area contributed by atoms with Crippen LogP contribution < -0.4 is 5.43 Å². The number of rotatable bonds is 2. The number of nitrogens with one attached hydrogen (secondary N) is 1. The monoisotopic (exact) mass is 358 g/mol. The van der Waals surface area contributed by atoms with E-state index in [0.717, 1.165) is 11.1 Å². The van der Waals surface area contributed by atoms with Gasteiger partial charge in [-0.3, -0.25) is 15.0 Å². The van der Waals surface area contributed by atoms with Crippen LogP contribution in [0.15, 0.2) is 42.5 Å². The van der Waals surface area contributed by atoms with Crippen molar-refractivity contribution in [2.75, 3.05) is 0 Å².